The molecule has 0 bridgehead atoms. The lowest BCUT2D eigenvalue weighted by Gasteiger charge is -2.25. The third-order valence-corrected chi connectivity index (χ3v) is 10.1. The Balaban J connectivity index is 1.01. The van der Waals surface area contributed by atoms with Crippen molar-refractivity contribution in [1.82, 2.24) is 15.0 Å². The number of fused-ring (bicyclic) bond motifs is 3. The fourth-order valence-corrected chi connectivity index (χ4v) is 7.29. The number of benzene rings is 8. The molecule has 0 atom stereocenters. The molecule has 2 aromatic heterocycles. The summed E-state index contributed by atoms with van der Waals surface area (Å²) in [6.07, 6.45) is 0. The van der Waals surface area contributed by atoms with Crippen LogP contribution in [-0.2, 0) is 0 Å². The molecule has 5 heteroatoms. The largest absolute Gasteiger partial charge is 0.456 e. The topological polar surface area (TPSA) is 55.1 Å². The molecule has 8 aromatic carbocycles. The van der Waals surface area contributed by atoms with Crippen molar-refractivity contribution in [2.45, 2.75) is 0 Å². The summed E-state index contributed by atoms with van der Waals surface area (Å²) < 4.78 is 6.50. The summed E-state index contributed by atoms with van der Waals surface area (Å²) in [4.78, 5) is 17.0. The second-order valence-corrected chi connectivity index (χ2v) is 13.7. The van der Waals surface area contributed by atoms with E-state index in [4.69, 9.17) is 19.4 Å². The van der Waals surface area contributed by atoms with E-state index < -0.39 is 0 Å². The zero-order chi connectivity index (χ0) is 37.3. The van der Waals surface area contributed by atoms with Crippen LogP contribution in [0.4, 0.5) is 17.1 Å². The van der Waals surface area contributed by atoms with Gasteiger partial charge in [0.25, 0.3) is 0 Å². The van der Waals surface area contributed by atoms with Crippen molar-refractivity contribution < 1.29 is 4.42 Å². The molecule has 0 spiro atoms. The molecule has 0 unspecified atom stereocenters. The molecule has 5 nitrogen and oxygen atoms in total. The monoisotopic (exact) mass is 718 g/mol. The first-order valence-corrected chi connectivity index (χ1v) is 18.7. The quantitative estimate of drug-likeness (QED) is 0.157. The number of furan rings is 1. The summed E-state index contributed by atoms with van der Waals surface area (Å²) in [6, 6.07) is 71.2. The number of anilines is 3. The maximum atomic E-state index is 6.50. The molecule has 10 aromatic rings. The van der Waals surface area contributed by atoms with Crippen molar-refractivity contribution in [3.8, 4) is 56.4 Å². The van der Waals surface area contributed by atoms with Gasteiger partial charge in [-0.25, -0.2) is 15.0 Å². The highest BCUT2D eigenvalue weighted by atomic mass is 16.3. The van der Waals surface area contributed by atoms with Gasteiger partial charge in [0.1, 0.15) is 11.2 Å². The number of rotatable bonds is 8. The van der Waals surface area contributed by atoms with Crippen LogP contribution in [0.25, 0.3) is 78.4 Å². The van der Waals surface area contributed by atoms with Crippen LogP contribution in [0.5, 0.6) is 0 Å². The Morgan fingerprint density at radius 3 is 1.25 bits per heavy atom. The zero-order valence-electron chi connectivity index (χ0n) is 30.3. The maximum absolute atomic E-state index is 6.50. The lowest BCUT2D eigenvalue weighted by molar-refractivity contribution is 0.669. The summed E-state index contributed by atoms with van der Waals surface area (Å²) in [5.74, 6) is 1.84. The predicted molar refractivity (Wildman–Crippen MR) is 229 cm³/mol. The van der Waals surface area contributed by atoms with Crippen LogP contribution in [0.3, 0.4) is 0 Å². The van der Waals surface area contributed by atoms with Crippen LogP contribution in [0, 0.1) is 0 Å². The molecule has 0 amide bonds. The molecular formula is C51H34N4O. The van der Waals surface area contributed by atoms with E-state index in [1.807, 2.05) is 78.9 Å². The summed E-state index contributed by atoms with van der Waals surface area (Å²) in [5, 5.41) is 2.05. The van der Waals surface area contributed by atoms with Crippen LogP contribution in [0.2, 0.25) is 0 Å². The van der Waals surface area contributed by atoms with Crippen molar-refractivity contribution in [3.63, 3.8) is 0 Å². The molecule has 0 aliphatic heterocycles. The molecule has 0 aliphatic carbocycles. The number of para-hydroxylation sites is 1. The molecule has 0 aliphatic rings. The van der Waals surface area contributed by atoms with Crippen molar-refractivity contribution in [2.24, 2.45) is 0 Å². The molecular weight excluding hydrogens is 685 g/mol. The van der Waals surface area contributed by atoms with E-state index in [1.165, 1.54) is 22.3 Å². The molecule has 56 heavy (non-hydrogen) atoms. The Bertz CT molecular complexity index is 2870. The Morgan fingerprint density at radius 2 is 0.696 bits per heavy atom. The summed E-state index contributed by atoms with van der Waals surface area (Å²) in [7, 11) is 0. The van der Waals surface area contributed by atoms with Gasteiger partial charge in [0.2, 0.25) is 0 Å². The van der Waals surface area contributed by atoms with Gasteiger partial charge in [0.15, 0.2) is 17.5 Å². The van der Waals surface area contributed by atoms with E-state index in [0.29, 0.717) is 17.5 Å². The van der Waals surface area contributed by atoms with Crippen LogP contribution in [0.1, 0.15) is 0 Å². The maximum Gasteiger partial charge on any atom is 0.164 e. The third-order valence-electron chi connectivity index (χ3n) is 10.1. The summed E-state index contributed by atoms with van der Waals surface area (Å²) >= 11 is 0. The van der Waals surface area contributed by atoms with Crippen molar-refractivity contribution in [2.75, 3.05) is 4.90 Å². The first kappa shape index (κ1) is 33.0. The number of hydrogen-bond donors (Lipinski definition) is 0. The molecule has 10 rings (SSSR count). The van der Waals surface area contributed by atoms with Gasteiger partial charge in [-0.15, -0.1) is 0 Å². The smallest absolute Gasteiger partial charge is 0.164 e. The van der Waals surface area contributed by atoms with Crippen LogP contribution in [0.15, 0.2) is 211 Å². The highest BCUT2D eigenvalue weighted by Gasteiger charge is 2.18. The van der Waals surface area contributed by atoms with E-state index in [1.54, 1.807) is 0 Å². The Labute approximate surface area is 324 Å². The van der Waals surface area contributed by atoms with Gasteiger partial charge in [0, 0.05) is 44.5 Å². The first-order valence-electron chi connectivity index (χ1n) is 18.7. The SMILES string of the molecule is c1ccc(-c2ccc(-c3ccc(N(c4ccccc4)c4ccc5oc6cc(-c7nc(-c8ccccc8)nc(-c8ccccc8)n7)ccc6c5c4)cc3)cc2)cc1. The average Bonchev–Trinajstić information content (AvgIpc) is 3.65. The van der Waals surface area contributed by atoms with E-state index in [0.717, 1.165) is 55.7 Å². The number of hydrogen-bond acceptors (Lipinski definition) is 5. The van der Waals surface area contributed by atoms with Crippen molar-refractivity contribution >= 4 is 39.0 Å². The van der Waals surface area contributed by atoms with Gasteiger partial charge in [-0.2, -0.15) is 0 Å². The minimum atomic E-state index is 0.589. The molecule has 0 saturated heterocycles. The number of aromatic nitrogens is 3. The average molecular weight is 719 g/mol. The van der Waals surface area contributed by atoms with E-state index in [2.05, 4.69) is 132 Å². The first-order chi connectivity index (χ1) is 27.7. The standard InChI is InChI=1S/C51H34N4O/c1-5-13-35(14-6-1)36-21-23-37(24-22-36)38-25-28-43(29-26-38)55(42-19-11-4-12-20-42)44-30-32-47-46(34-44)45-31-27-41(33-48(45)56-47)51-53-49(39-15-7-2-8-16-39)52-50(54-51)40-17-9-3-10-18-40/h1-34H. The molecule has 2 heterocycles. The fourth-order valence-electron chi connectivity index (χ4n) is 7.29. The van der Waals surface area contributed by atoms with Crippen LogP contribution >= 0.6 is 0 Å². The van der Waals surface area contributed by atoms with Gasteiger partial charge < -0.3 is 9.32 Å². The minimum absolute atomic E-state index is 0.589. The Hall–Kier alpha value is -7.63. The lowest BCUT2D eigenvalue weighted by Crippen LogP contribution is -2.09. The second kappa shape index (κ2) is 14.3. The summed E-state index contributed by atoms with van der Waals surface area (Å²) in [5.41, 5.74) is 12.2. The van der Waals surface area contributed by atoms with E-state index in [-0.39, 0.29) is 0 Å². The van der Waals surface area contributed by atoms with Crippen LogP contribution in [-0.4, -0.2) is 15.0 Å². The Kier molecular flexibility index (Phi) is 8.43. The van der Waals surface area contributed by atoms with Gasteiger partial charge >= 0.3 is 0 Å². The fraction of sp³-hybridized carbons (Fsp3) is 0. The summed E-state index contributed by atoms with van der Waals surface area (Å²) in [6.45, 7) is 0. The third kappa shape index (κ3) is 6.37. The van der Waals surface area contributed by atoms with Crippen LogP contribution < -0.4 is 4.90 Å². The van der Waals surface area contributed by atoms with E-state index >= 15 is 0 Å². The molecule has 0 N–H and O–H groups in total. The number of nitrogens with zero attached hydrogens (tertiary/aromatic N) is 4. The Morgan fingerprint density at radius 1 is 0.286 bits per heavy atom. The molecule has 0 radical (unpaired) electrons. The molecule has 264 valence electrons. The molecule has 0 fully saturated rings. The second-order valence-electron chi connectivity index (χ2n) is 13.7. The highest BCUT2D eigenvalue weighted by molar-refractivity contribution is 6.07. The van der Waals surface area contributed by atoms with Crippen molar-refractivity contribution in [1.29, 1.82) is 0 Å². The van der Waals surface area contributed by atoms with Gasteiger partial charge in [-0.3, -0.25) is 0 Å². The predicted octanol–water partition coefficient (Wildman–Crippen LogP) is 13.6. The van der Waals surface area contributed by atoms with Gasteiger partial charge in [-0.1, -0.05) is 152 Å². The van der Waals surface area contributed by atoms with E-state index in [9.17, 15) is 0 Å². The van der Waals surface area contributed by atoms with Gasteiger partial charge in [0.05, 0.1) is 0 Å². The van der Waals surface area contributed by atoms with Crippen molar-refractivity contribution in [3.05, 3.63) is 206 Å². The zero-order valence-corrected chi connectivity index (χ0v) is 30.3. The normalized spacial score (nSPS) is 11.2. The van der Waals surface area contributed by atoms with Gasteiger partial charge in [-0.05, 0) is 76.9 Å². The highest BCUT2D eigenvalue weighted by Crippen LogP contribution is 2.40. The minimum Gasteiger partial charge on any atom is -0.456 e. The molecule has 0 saturated carbocycles. The lowest BCUT2D eigenvalue weighted by atomic mass is 10.00.